The van der Waals surface area contributed by atoms with Crippen LogP contribution in [0, 0.1) is 0 Å². The lowest BCUT2D eigenvalue weighted by Crippen LogP contribution is -2.39. The smallest absolute Gasteiger partial charge is 0.307 e. The quantitative estimate of drug-likeness (QED) is 0.225. The van der Waals surface area contributed by atoms with Gasteiger partial charge in [0, 0.05) is 25.0 Å². The summed E-state index contributed by atoms with van der Waals surface area (Å²) in [5.41, 5.74) is 4.47. The van der Waals surface area contributed by atoms with Crippen molar-refractivity contribution in [3.63, 3.8) is 0 Å². The average molecular weight is 510 g/mol. The van der Waals surface area contributed by atoms with E-state index in [9.17, 15) is 4.79 Å². The summed E-state index contributed by atoms with van der Waals surface area (Å²) in [5.74, 6) is 0.859. The summed E-state index contributed by atoms with van der Waals surface area (Å²) in [6.07, 6.45) is -0.0216. The summed E-state index contributed by atoms with van der Waals surface area (Å²) in [6.45, 7) is 4.22. The van der Waals surface area contributed by atoms with Crippen LogP contribution in [-0.2, 0) is 17.8 Å². The topological polar surface area (TPSA) is 59.0 Å². The van der Waals surface area contributed by atoms with Gasteiger partial charge in [-0.1, -0.05) is 84.9 Å². The fourth-order valence-electron chi connectivity index (χ4n) is 4.62. The van der Waals surface area contributed by atoms with Gasteiger partial charge in [0.1, 0.15) is 18.1 Å². The van der Waals surface area contributed by atoms with Crippen molar-refractivity contribution in [1.82, 2.24) is 4.90 Å². The Kier molecular flexibility index (Phi) is 9.54. The molecule has 5 heteroatoms. The fraction of sp³-hybridized carbons (Fsp3) is 0.242. The summed E-state index contributed by atoms with van der Waals surface area (Å²) in [5, 5.41) is 9.14. The van der Waals surface area contributed by atoms with Crippen LogP contribution in [0.5, 0.6) is 11.5 Å². The Labute approximate surface area is 225 Å². The zero-order chi connectivity index (χ0) is 26.7. The largest absolute Gasteiger partial charge is 0.497 e. The Morgan fingerprint density at radius 2 is 1.42 bits per heavy atom. The van der Waals surface area contributed by atoms with Gasteiger partial charge in [-0.05, 0) is 53.4 Å². The summed E-state index contributed by atoms with van der Waals surface area (Å²) in [7, 11) is 1.68. The molecule has 0 aromatic heterocycles. The van der Waals surface area contributed by atoms with E-state index in [2.05, 4.69) is 84.6 Å². The van der Waals surface area contributed by atoms with Gasteiger partial charge in [0.15, 0.2) is 0 Å². The first-order valence-corrected chi connectivity index (χ1v) is 12.9. The molecule has 38 heavy (non-hydrogen) atoms. The normalized spacial score (nSPS) is 11.9. The number of carboxylic acids is 1. The van der Waals surface area contributed by atoms with E-state index in [-0.39, 0.29) is 18.4 Å². The summed E-state index contributed by atoms with van der Waals surface area (Å²) in [6, 6.07) is 36.9. The molecule has 0 aliphatic carbocycles. The first-order valence-electron chi connectivity index (χ1n) is 12.9. The van der Waals surface area contributed by atoms with Gasteiger partial charge >= 0.3 is 5.97 Å². The highest BCUT2D eigenvalue weighted by Gasteiger charge is 2.23. The molecule has 4 aromatic carbocycles. The van der Waals surface area contributed by atoms with Crippen molar-refractivity contribution >= 4 is 5.97 Å². The van der Waals surface area contributed by atoms with Crippen molar-refractivity contribution in [1.29, 1.82) is 0 Å². The lowest BCUT2D eigenvalue weighted by atomic mass is 9.90. The second kappa shape index (κ2) is 13.5. The molecular weight excluding hydrogens is 474 g/mol. The molecule has 1 unspecified atom stereocenters. The lowest BCUT2D eigenvalue weighted by Gasteiger charge is -2.33. The molecule has 0 aliphatic rings. The number of carbonyl (C=O) groups is 1. The minimum Gasteiger partial charge on any atom is -0.497 e. The van der Waals surface area contributed by atoms with Gasteiger partial charge in [-0.2, -0.15) is 0 Å². The molecule has 0 saturated carbocycles. The minimum absolute atomic E-state index is 0.0216. The first kappa shape index (κ1) is 27.0. The van der Waals surface area contributed by atoms with Crippen LogP contribution in [0.1, 0.15) is 35.1 Å². The lowest BCUT2D eigenvalue weighted by molar-refractivity contribution is -0.136. The van der Waals surface area contributed by atoms with E-state index in [1.165, 1.54) is 16.7 Å². The molecule has 0 radical (unpaired) electrons. The number of aliphatic carboxylic acids is 1. The van der Waals surface area contributed by atoms with Gasteiger partial charge in [-0.3, -0.25) is 9.69 Å². The zero-order valence-electron chi connectivity index (χ0n) is 22.0. The van der Waals surface area contributed by atoms with E-state index in [1.54, 1.807) is 7.11 Å². The average Bonchev–Trinajstić information content (AvgIpc) is 2.95. The second-order valence-electron chi connectivity index (χ2n) is 9.53. The van der Waals surface area contributed by atoms with Crippen LogP contribution >= 0.6 is 0 Å². The van der Waals surface area contributed by atoms with E-state index < -0.39 is 5.97 Å². The Morgan fingerprint density at radius 3 is 2.00 bits per heavy atom. The van der Waals surface area contributed by atoms with Crippen molar-refractivity contribution in [2.45, 2.75) is 31.8 Å². The van der Waals surface area contributed by atoms with E-state index in [0.717, 1.165) is 24.4 Å². The van der Waals surface area contributed by atoms with Gasteiger partial charge < -0.3 is 14.6 Å². The number of nitrogens with zero attached hydrogens (tertiary/aromatic N) is 1. The second-order valence-corrected chi connectivity index (χ2v) is 9.53. The summed E-state index contributed by atoms with van der Waals surface area (Å²) >= 11 is 0. The van der Waals surface area contributed by atoms with Crippen LogP contribution in [0.2, 0.25) is 0 Å². The SMILES string of the molecule is COc1ccc(CN(CC(c2ccccc2)c2ccccc2)C(C)COc2cccc(CC(=O)O)c2)cc1. The third kappa shape index (κ3) is 7.70. The predicted molar refractivity (Wildman–Crippen MR) is 151 cm³/mol. The minimum atomic E-state index is -0.853. The summed E-state index contributed by atoms with van der Waals surface area (Å²) in [4.78, 5) is 13.6. The Hall–Kier alpha value is -4.09. The van der Waals surface area contributed by atoms with Gasteiger partial charge in [0.05, 0.1) is 13.5 Å². The molecule has 0 aliphatic heterocycles. The van der Waals surface area contributed by atoms with E-state index in [4.69, 9.17) is 14.6 Å². The van der Waals surface area contributed by atoms with Crippen molar-refractivity contribution in [3.8, 4) is 11.5 Å². The molecule has 1 atom stereocenters. The van der Waals surface area contributed by atoms with E-state index >= 15 is 0 Å². The molecule has 0 spiro atoms. The van der Waals surface area contributed by atoms with Crippen LogP contribution in [0.25, 0.3) is 0 Å². The molecule has 1 N–H and O–H groups in total. The van der Waals surface area contributed by atoms with Gasteiger partial charge in [-0.25, -0.2) is 0 Å². The molecule has 0 amide bonds. The molecule has 0 fully saturated rings. The van der Waals surface area contributed by atoms with Crippen molar-refractivity contribution < 1.29 is 19.4 Å². The molecule has 4 rings (SSSR count). The van der Waals surface area contributed by atoms with Crippen LogP contribution in [0.4, 0.5) is 0 Å². The van der Waals surface area contributed by atoms with Crippen LogP contribution < -0.4 is 9.47 Å². The van der Waals surface area contributed by atoms with Crippen molar-refractivity contribution in [2.24, 2.45) is 0 Å². The third-order valence-corrected chi connectivity index (χ3v) is 6.73. The van der Waals surface area contributed by atoms with Crippen molar-refractivity contribution in [2.75, 3.05) is 20.3 Å². The molecule has 5 nitrogen and oxygen atoms in total. The third-order valence-electron chi connectivity index (χ3n) is 6.73. The number of rotatable bonds is 13. The number of hydrogen-bond donors (Lipinski definition) is 1. The number of ether oxygens (including phenoxy) is 2. The van der Waals surface area contributed by atoms with E-state index in [1.807, 2.05) is 36.4 Å². The Balaban J connectivity index is 1.57. The maximum Gasteiger partial charge on any atom is 0.307 e. The first-order chi connectivity index (χ1) is 18.5. The van der Waals surface area contributed by atoms with Crippen LogP contribution in [-0.4, -0.2) is 42.3 Å². The summed E-state index contributed by atoms with van der Waals surface area (Å²) < 4.78 is 11.5. The van der Waals surface area contributed by atoms with Gasteiger partial charge in [0.25, 0.3) is 0 Å². The number of methoxy groups -OCH3 is 1. The standard InChI is InChI=1S/C33H35NO4/c1-25(24-38-31-15-9-10-27(20-31)21-33(35)36)34(22-26-16-18-30(37-2)19-17-26)23-32(28-11-5-3-6-12-28)29-13-7-4-8-14-29/h3-20,25,32H,21-24H2,1-2H3,(H,35,36). The fourth-order valence-corrected chi connectivity index (χ4v) is 4.62. The molecule has 4 aromatic rings. The van der Waals surface area contributed by atoms with E-state index in [0.29, 0.717) is 12.4 Å². The highest BCUT2D eigenvalue weighted by Crippen LogP contribution is 2.28. The molecule has 196 valence electrons. The van der Waals surface area contributed by atoms with Crippen molar-refractivity contribution in [3.05, 3.63) is 131 Å². The maximum atomic E-state index is 11.1. The number of hydrogen-bond acceptors (Lipinski definition) is 4. The van der Waals surface area contributed by atoms with Gasteiger partial charge in [0.2, 0.25) is 0 Å². The predicted octanol–water partition coefficient (Wildman–Crippen LogP) is 6.42. The monoisotopic (exact) mass is 509 g/mol. The molecule has 0 bridgehead atoms. The number of carboxylic acid groups (broad SMARTS) is 1. The van der Waals surface area contributed by atoms with Crippen LogP contribution in [0.15, 0.2) is 109 Å². The van der Waals surface area contributed by atoms with Crippen LogP contribution in [0.3, 0.4) is 0 Å². The number of benzene rings is 4. The molecule has 0 saturated heterocycles. The Morgan fingerprint density at radius 1 is 0.789 bits per heavy atom. The Bertz CT molecular complexity index is 1240. The zero-order valence-corrected chi connectivity index (χ0v) is 22.0. The molecule has 0 heterocycles. The maximum absolute atomic E-state index is 11.1. The van der Waals surface area contributed by atoms with Gasteiger partial charge in [-0.15, -0.1) is 0 Å². The highest BCUT2D eigenvalue weighted by atomic mass is 16.5. The molecular formula is C33H35NO4. The highest BCUT2D eigenvalue weighted by molar-refractivity contribution is 5.70.